The molecule has 2 fully saturated rings. The zero-order valence-electron chi connectivity index (χ0n) is 13.7. The van der Waals surface area contributed by atoms with E-state index in [1.54, 1.807) is 0 Å². The summed E-state index contributed by atoms with van der Waals surface area (Å²) in [7, 11) is 0. The second-order valence-electron chi connectivity index (χ2n) is 7.04. The predicted octanol–water partition coefficient (Wildman–Crippen LogP) is 2.27. The average molecular weight is 311 g/mol. The van der Waals surface area contributed by atoms with E-state index in [4.69, 9.17) is 0 Å². The second-order valence-corrected chi connectivity index (χ2v) is 7.04. The van der Waals surface area contributed by atoms with Crippen LogP contribution in [-0.4, -0.2) is 27.1 Å². The highest BCUT2D eigenvalue weighted by Crippen LogP contribution is 2.32. The molecule has 4 atom stereocenters. The molecule has 4 rings (SSSR count). The van der Waals surface area contributed by atoms with Crippen molar-refractivity contribution in [3.63, 3.8) is 0 Å². The smallest absolute Gasteiger partial charge is 0.0833 e. The Kier molecular flexibility index (Phi) is 4.14. The lowest BCUT2D eigenvalue weighted by Crippen LogP contribution is -2.36. The fraction of sp³-hybridized carbons (Fsp3) is 0.556. The summed E-state index contributed by atoms with van der Waals surface area (Å²) in [6.07, 6.45) is 7.01. The Hall–Kier alpha value is -1.72. The minimum absolute atomic E-state index is 0.465. The zero-order valence-corrected chi connectivity index (χ0v) is 13.7. The summed E-state index contributed by atoms with van der Waals surface area (Å²) in [5, 5.41) is 8.71. The van der Waals surface area contributed by atoms with Crippen LogP contribution in [0.1, 0.15) is 43.4 Å². The molecule has 0 bridgehead atoms. The van der Waals surface area contributed by atoms with Crippen LogP contribution in [0.2, 0.25) is 0 Å². The summed E-state index contributed by atoms with van der Waals surface area (Å²) in [4.78, 5) is 0. The summed E-state index contributed by atoms with van der Waals surface area (Å²) >= 11 is 0. The van der Waals surface area contributed by atoms with E-state index in [0.717, 1.165) is 24.6 Å². The van der Waals surface area contributed by atoms with Crippen molar-refractivity contribution < 1.29 is 0 Å². The van der Waals surface area contributed by atoms with Gasteiger partial charge in [0, 0.05) is 18.3 Å². The average Bonchev–Trinajstić information content (AvgIpc) is 3.28. The predicted molar refractivity (Wildman–Crippen MR) is 89.8 cm³/mol. The zero-order chi connectivity index (χ0) is 15.6. The third kappa shape index (κ3) is 3.16. The number of nitrogens with zero attached hydrogens (tertiary/aromatic N) is 3. The summed E-state index contributed by atoms with van der Waals surface area (Å²) in [5.41, 5.74) is 9.32. The minimum Gasteiger partial charge on any atom is -0.254 e. The van der Waals surface area contributed by atoms with Crippen molar-refractivity contribution in [2.24, 2.45) is 5.92 Å². The molecule has 122 valence electrons. The number of rotatable bonds is 5. The van der Waals surface area contributed by atoms with E-state index in [-0.39, 0.29) is 0 Å². The molecule has 2 N–H and O–H groups in total. The van der Waals surface area contributed by atoms with E-state index in [1.165, 1.54) is 24.8 Å². The number of hydrogen-bond donors (Lipinski definition) is 2. The first kappa shape index (κ1) is 14.8. The highest BCUT2D eigenvalue weighted by Gasteiger charge is 2.39. The number of aromatic nitrogens is 3. The van der Waals surface area contributed by atoms with Crippen molar-refractivity contribution in [1.82, 2.24) is 25.8 Å². The van der Waals surface area contributed by atoms with Gasteiger partial charge in [-0.3, -0.25) is 15.5 Å². The van der Waals surface area contributed by atoms with Gasteiger partial charge >= 0.3 is 0 Å². The Bertz CT molecular complexity index is 638. The maximum Gasteiger partial charge on any atom is 0.0833 e. The monoisotopic (exact) mass is 311 g/mol. The van der Waals surface area contributed by atoms with Gasteiger partial charge in [-0.25, -0.2) is 0 Å². The van der Waals surface area contributed by atoms with Gasteiger partial charge < -0.3 is 0 Å². The SMILES string of the molecule is CC(Cc1cn(CC2NNC3CCCC32)nn1)c1ccccc1. The lowest BCUT2D eigenvalue weighted by molar-refractivity contribution is 0.374. The van der Waals surface area contributed by atoms with Crippen LogP contribution in [-0.2, 0) is 13.0 Å². The number of benzene rings is 1. The van der Waals surface area contributed by atoms with Gasteiger partial charge in [0.05, 0.1) is 12.2 Å². The molecule has 2 heterocycles. The van der Waals surface area contributed by atoms with Crippen LogP contribution in [0.5, 0.6) is 0 Å². The molecule has 1 saturated carbocycles. The molecule has 0 radical (unpaired) electrons. The molecule has 2 aliphatic rings. The van der Waals surface area contributed by atoms with Crippen molar-refractivity contribution in [1.29, 1.82) is 0 Å². The first-order valence-corrected chi connectivity index (χ1v) is 8.74. The van der Waals surface area contributed by atoms with E-state index in [1.807, 2.05) is 4.68 Å². The van der Waals surface area contributed by atoms with E-state index in [9.17, 15) is 0 Å². The largest absolute Gasteiger partial charge is 0.254 e. The highest BCUT2D eigenvalue weighted by molar-refractivity contribution is 5.20. The highest BCUT2D eigenvalue weighted by atomic mass is 15.5. The van der Waals surface area contributed by atoms with Crippen molar-refractivity contribution in [2.45, 2.75) is 57.2 Å². The molecule has 0 amide bonds. The maximum atomic E-state index is 4.37. The maximum absolute atomic E-state index is 4.37. The van der Waals surface area contributed by atoms with Gasteiger partial charge in [0.2, 0.25) is 0 Å². The molecule has 1 aromatic carbocycles. The van der Waals surface area contributed by atoms with E-state index >= 15 is 0 Å². The first-order valence-electron chi connectivity index (χ1n) is 8.74. The number of hydrazine groups is 1. The Morgan fingerprint density at radius 2 is 2.09 bits per heavy atom. The standard InChI is InChI=1S/C18H25N5/c1-13(14-6-3-2-4-7-14)10-15-11-23(22-19-15)12-18-16-8-5-9-17(16)20-21-18/h2-4,6-7,11,13,16-18,20-21H,5,8-10,12H2,1H3. The van der Waals surface area contributed by atoms with Crippen LogP contribution in [0.4, 0.5) is 0 Å². The number of nitrogens with one attached hydrogen (secondary N) is 2. The third-order valence-corrected chi connectivity index (χ3v) is 5.39. The van der Waals surface area contributed by atoms with Crippen molar-refractivity contribution in [3.8, 4) is 0 Å². The van der Waals surface area contributed by atoms with E-state index < -0.39 is 0 Å². The second kappa shape index (κ2) is 6.42. The molecule has 2 aromatic rings. The van der Waals surface area contributed by atoms with Crippen molar-refractivity contribution in [3.05, 3.63) is 47.8 Å². The van der Waals surface area contributed by atoms with Crippen molar-refractivity contribution >= 4 is 0 Å². The third-order valence-electron chi connectivity index (χ3n) is 5.39. The fourth-order valence-electron chi connectivity index (χ4n) is 4.09. The van der Waals surface area contributed by atoms with Gasteiger partial charge in [-0.05, 0) is 36.7 Å². The summed E-state index contributed by atoms with van der Waals surface area (Å²) in [6.45, 7) is 3.15. The lowest BCUT2D eigenvalue weighted by Gasteiger charge is -2.16. The number of hydrogen-bond acceptors (Lipinski definition) is 4. The van der Waals surface area contributed by atoms with E-state index in [2.05, 4.69) is 64.6 Å². The van der Waals surface area contributed by atoms with Gasteiger partial charge in [0.15, 0.2) is 0 Å². The lowest BCUT2D eigenvalue weighted by atomic mass is 9.96. The van der Waals surface area contributed by atoms with Crippen LogP contribution in [0, 0.1) is 5.92 Å². The molecule has 1 aliphatic carbocycles. The quantitative estimate of drug-likeness (QED) is 0.889. The minimum atomic E-state index is 0.465. The van der Waals surface area contributed by atoms with Gasteiger partial charge in [0.1, 0.15) is 0 Å². The molecule has 1 aliphatic heterocycles. The van der Waals surface area contributed by atoms with Crippen LogP contribution in [0.15, 0.2) is 36.5 Å². The molecule has 23 heavy (non-hydrogen) atoms. The molecule has 1 saturated heterocycles. The summed E-state index contributed by atoms with van der Waals surface area (Å²) in [6, 6.07) is 11.8. The van der Waals surface area contributed by atoms with Gasteiger partial charge in [-0.15, -0.1) is 5.10 Å². The van der Waals surface area contributed by atoms with Crippen LogP contribution in [0.3, 0.4) is 0 Å². The molecular weight excluding hydrogens is 286 g/mol. The van der Waals surface area contributed by atoms with Crippen LogP contribution >= 0.6 is 0 Å². The summed E-state index contributed by atoms with van der Waals surface area (Å²) < 4.78 is 2.01. The molecule has 1 aromatic heterocycles. The molecule has 4 unspecified atom stereocenters. The van der Waals surface area contributed by atoms with Crippen LogP contribution < -0.4 is 10.9 Å². The molecule has 5 heteroatoms. The van der Waals surface area contributed by atoms with Gasteiger partial charge in [-0.1, -0.05) is 48.9 Å². The number of fused-ring (bicyclic) bond motifs is 1. The van der Waals surface area contributed by atoms with Crippen LogP contribution in [0.25, 0.3) is 0 Å². The Labute approximate surface area is 137 Å². The Balaban J connectivity index is 1.37. The fourth-order valence-corrected chi connectivity index (χ4v) is 4.09. The summed E-state index contributed by atoms with van der Waals surface area (Å²) in [5.74, 6) is 1.21. The molecule has 5 nitrogen and oxygen atoms in total. The molecular formula is C18H25N5. The Morgan fingerprint density at radius 1 is 1.22 bits per heavy atom. The Morgan fingerprint density at radius 3 is 2.96 bits per heavy atom. The van der Waals surface area contributed by atoms with E-state index in [0.29, 0.717) is 18.0 Å². The topological polar surface area (TPSA) is 54.8 Å². The molecule has 0 spiro atoms. The normalized spacial score (nSPS) is 28.0. The van der Waals surface area contributed by atoms with Gasteiger partial charge in [0.25, 0.3) is 0 Å². The first-order chi connectivity index (χ1) is 11.3. The van der Waals surface area contributed by atoms with Gasteiger partial charge in [-0.2, -0.15) is 0 Å². The van der Waals surface area contributed by atoms with Crippen molar-refractivity contribution in [2.75, 3.05) is 0 Å².